The van der Waals surface area contributed by atoms with Crippen LogP contribution in [0.1, 0.15) is 33.1 Å². The summed E-state index contributed by atoms with van der Waals surface area (Å²) in [7, 11) is 3.99. The monoisotopic (exact) mass is 173 g/mol. The maximum absolute atomic E-state index is 6.00. The molecule has 0 aliphatic rings. The van der Waals surface area contributed by atoms with E-state index < -0.39 is 0 Å². The van der Waals surface area contributed by atoms with Crippen LogP contribution in [0.5, 0.6) is 0 Å². The Labute approximate surface area is 76.3 Å². The van der Waals surface area contributed by atoms with E-state index in [1.54, 1.807) is 0 Å². The van der Waals surface area contributed by atoms with Crippen LogP contribution in [0.15, 0.2) is 0 Å². The van der Waals surface area contributed by atoms with Gasteiger partial charge in [-0.1, -0.05) is 20.3 Å². The molecule has 0 radical (unpaired) electrons. The third-order valence-electron chi connectivity index (χ3n) is 2.40. The summed E-state index contributed by atoms with van der Waals surface area (Å²) >= 11 is 0. The third-order valence-corrected chi connectivity index (χ3v) is 2.40. The molecule has 0 aliphatic carbocycles. The Morgan fingerprint density at radius 1 is 1.42 bits per heavy atom. The van der Waals surface area contributed by atoms with Crippen molar-refractivity contribution in [1.82, 2.24) is 10.4 Å². The predicted molar refractivity (Wildman–Crippen MR) is 53.8 cm³/mol. The van der Waals surface area contributed by atoms with Crippen LogP contribution in [0.4, 0.5) is 0 Å². The number of nitrogens with one attached hydrogen (secondary N) is 1. The van der Waals surface area contributed by atoms with Gasteiger partial charge in [0.25, 0.3) is 0 Å². The van der Waals surface area contributed by atoms with Gasteiger partial charge in [-0.25, -0.2) is 5.01 Å². The number of hydrazine groups is 1. The fraction of sp³-hybridized carbons (Fsp3) is 1.00. The maximum atomic E-state index is 6.00. The number of likely N-dealkylation sites (N-methyl/N-ethyl adjacent to an activating group) is 1. The van der Waals surface area contributed by atoms with Crippen LogP contribution in [0, 0.1) is 0 Å². The Kier molecular flexibility index (Phi) is 6.34. The second-order valence-corrected chi connectivity index (χ2v) is 3.26. The van der Waals surface area contributed by atoms with Crippen molar-refractivity contribution < 1.29 is 0 Å². The van der Waals surface area contributed by atoms with Crippen LogP contribution in [0.3, 0.4) is 0 Å². The van der Waals surface area contributed by atoms with E-state index in [4.69, 9.17) is 5.73 Å². The van der Waals surface area contributed by atoms with Gasteiger partial charge in [0.1, 0.15) is 0 Å². The first-order valence-corrected chi connectivity index (χ1v) is 4.83. The highest BCUT2D eigenvalue weighted by Gasteiger charge is 2.18. The number of hydrogen-bond acceptors (Lipinski definition) is 3. The molecule has 3 heteroatoms. The van der Waals surface area contributed by atoms with Crippen molar-refractivity contribution in [2.24, 2.45) is 5.73 Å². The standard InChI is InChI=1S/C9H23N3/c1-5-7-9(8(10)6-2)12(4)11-3/h8-9,11H,5-7,10H2,1-4H3. The van der Waals surface area contributed by atoms with E-state index in [1.165, 1.54) is 6.42 Å². The topological polar surface area (TPSA) is 41.3 Å². The fourth-order valence-electron chi connectivity index (χ4n) is 1.43. The molecule has 2 atom stereocenters. The first-order chi connectivity index (χ1) is 5.67. The summed E-state index contributed by atoms with van der Waals surface area (Å²) in [6, 6.07) is 0.743. The van der Waals surface area contributed by atoms with Gasteiger partial charge in [-0.2, -0.15) is 0 Å². The van der Waals surface area contributed by atoms with Gasteiger partial charge < -0.3 is 5.73 Å². The zero-order chi connectivity index (χ0) is 9.56. The molecule has 74 valence electrons. The molecule has 0 fully saturated rings. The van der Waals surface area contributed by atoms with Gasteiger partial charge in [-0.05, 0) is 19.9 Å². The summed E-state index contributed by atoms with van der Waals surface area (Å²) in [5.74, 6) is 0. The predicted octanol–water partition coefficient (Wildman–Crippen LogP) is 0.959. The highest BCUT2D eigenvalue weighted by molar-refractivity contribution is 4.77. The van der Waals surface area contributed by atoms with Gasteiger partial charge in [0.2, 0.25) is 0 Å². The van der Waals surface area contributed by atoms with Gasteiger partial charge >= 0.3 is 0 Å². The van der Waals surface area contributed by atoms with Gasteiger partial charge in [0.15, 0.2) is 0 Å². The first kappa shape index (κ1) is 11.9. The Hall–Kier alpha value is -0.120. The lowest BCUT2D eigenvalue weighted by Gasteiger charge is -2.31. The highest BCUT2D eigenvalue weighted by atomic mass is 15.5. The summed E-state index contributed by atoms with van der Waals surface area (Å²) in [6.07, 6.45) is 3.38. The average molecular weight is 173 g/mol. The number of hydrogen-bond donors (Lipinski definition) is 2. The van der Waals surface area contributed by atoms with Gasteiger partial charge in [0, 0.05) is 19.1 Å². The summed E-state index contributed by atoms with van der Waals surface area (Å²) in [5, 5.41) is 2.11. The summed E-state index contributed by atoms with van der Waals surface area (Å²) in [4.78, 5) is 0. The van der Waals surface area contributed by atoms with E-state index >= 15 is 0 Å². The quantitative estimate of drug-likeness (QED) is 0.588. The van der Waals surface area contributed by atoms with Crippen LogP contribution < -0.4 is 11.2 Å². The molecule has 0 spiro atoms. The Bertz CT molecular complexity index is 95.9. The fourth-order valence-corrected chi connectivity index (χ4v) is 1.43. The van der Waals surface area contributed by atoms with E-state index in [-0.39, 0.29) is 6.04 Å². The zero-order valence-corrected chi connectivity index (χ0v) is 8.80. The lowest BCUT2D eigenvalue weighted by atomic mass is 10.0. The largest absolute Gasteiger partial charge is 0.326 e. The van der Waals surface area contributed by atoms with Crippen molar-refractivity contribution in [1.29, 1.82) is 0 Å². The Balaban J connectivity index is 4.01. The number of nitrogens with two attached hydrogens (primary N) is 1. The van der Waals surface area contributed by atoms with Gasteiger partial charge in [0.05, 0.1) is 0 Å². The normalized spacial score (nSPS) is 16.5. The molecule has 0 aromatic carbocycles. The summed E-state index contributed by atoms with van der Waals surface area (Å²) < 4.78 is 0. The lowest BCUT2D eigenvalue weighted by Crippen LogP contribution is -2.50. The molecule has 0 rings (SSSR count). The molecular weight excluding hydrogens is 150 g/mol. The number of rotatable bonds is 6. The van der Waals surface area contributed by atoms with Crippen molar-refractivity contribution in [2.75, 3.05) is 14.1 Å². The molecule has 3 nitrogen and oxygen atoms in total. The minimum atomic E-state index is 0.280. The van der Waals surface area contributed by atoms with E-state index in [9.17, 15) is 0 Å². The van der Waals surface area contributed by atoms with Gasteiger partial charge in [-0.15, -0.1) is 0 Å². The Morgan fingerprint density at radius 2 is 2.00 bits per heavy atom. The van der Waals surface area contributed by atoms with Crippen molar-refractivity contribution in [3.8, 4) is 0 Å². The van der Waals surface area contributed by atoms with Crippen LogP contribution >= 0.6 is 0 Å². The third kappa shape index (κ3) is 3.52. The molecule has 0 amide bonds. The van der Waals surface area contributed by atoms with Crippen molar-refractivity contribution in [2.45, 2.75) is 45.2 Å². The Morgan fingerprint density at radius 3 is 2.33 bits per heavy atom. The molecule has 2 unspecified atom stereocenters. The van der Waals surface area contributed by atoms with E-state index in [1.807, 2.05) is 7.05 Å². The van der Waals surface area contributed by atoms with E-state index in [0.717, 1.165) is 12.8 Å². The van der Waals surface area contributed by atoms with E-state index in [0.29, 0.717) is 6.04 Å². The first-order valence-electron chi connectivity index (χ1n) is 4.83. The molecule has 0 heterocycles. The molecule has 12 heavy (non-hydrogen) atoms. The molecule has 0 aromatic rings. The molecule has 0 aromatic heterocycles. The average Bonchev–Trinajstić information content (AvgIpc) is 2.11. The SMILES string of the molecule is CCCC(C(N)CC)N(C)NC. The van der Waals surface area contributed by atoms with Crippen LogP contribution in [0.2, 0.25) is 0 Å². The zero-order valence-electron chi connectivity index (χ0n) is 8.80. The summed E-state index contributed by atoms with van der Waals surface area (Å²) in [6.45, 7) is 4.33. The van der Waals surface area contributed by atoms with Crippen molar-refractivity contribution in [3.63, 3.8) is 0 Å². The minimum Gasteiger partial charge on any atom is -0.326 e. The van der Waals surface area contributed by atoms with Crippen molar-refractivity contribution >= 4 is 0 Å². The molecule has 3 N–H and O–H groups in total. The van der Waals surface area contributed by atoms with Crippen LogP contribution in [-0.4, -0.2) is 31.2 Å². The molecule has 0 bridgehead atoms. The van der Waals surface area contributed by atoms with Crippen molar-refractivity contribution in [3.05, 3.63) is 0 Å². The minimum absolute atomic E-state index is 0.280. The molecule has 0 saturated heterocycles. The summed E-state index contributed by atoms with van der Waals surface area (Å²) in [5.41, 5.74) is 9.12. The highest BCUT2D eigenvalue weighted by Crippen LogP contribution is 2.08. The number of nitrogens with zero attached hydrogens (tertiary/aromatic N) is 1. The molecular formula is C9H23N3. The second-order valence-electron chi connectivity index (χ2n) is 3.26. The molecule has 0 aliphatic heterocycles. The van der Waals surface area contributed by atoms with E-state index in [2.05, 4.69) is 31.3 Å². The van der Waals surface area contributed by atoms with Crippen LogP contribution in [-0.2, 0) is 0 Å². The van der Waals surface area contributed by atoms with Crippen LogP contribution in [0.25, 0.3) is 0 Å². The van der Waals surface area contributed by atoms with Gasteiger partial charge in [-0.3, -0.25) is 5.43 Å². The maximum Gasteiger partial charge on any atom is 0.0391 e. The molecule has 0 saturated carbocycles. The lowest BCUT2D eigenvalue weighted by molar-refractivity contribution is 0.145. The smallest absolute Gasteiger partial charge is 0.0391 e. The second kappa shape index (κ2) is 6.40.